The first kappa shape index (κ1) is 9.72. The van der Waals surface area contributed by atoms with Crippen LogP contribution in [0, 0.1) is 11.3 Å². The molecule has 0 bridgehead atoms. The van der Waals surface area contributed by atoms with Gasteiger partial charge in [0.05, 0.1) is 6.10 Å². The van der Waals surface area contributed by atoms with Gasteiger partial charge in [0.15, 0.2) is 0 Å². The molecule has 2 rings (SSSR count). The van der Waals surface area contributed by atoms with E-state index in [0.717, 1.165) is 12.0 Å². The van der Waals surface area contributed by atoms with Crippen LogP contribution in [-0.4, -0.2) is 5.11 Å². The highest BCUT2D eigenvalue weighted by molar-refractivity contribution is 5.35. The van der Waals surface area contributed by atoms with Crippen molar-refractivity contribution < 1.29 is 5.11 Å². The van der Waals surface area contributed by atoms with E-state index in [-0.39, 0.29) is 11.5 Å². The molecule has 0 spiro atoms. The molecule has 0 radical (unpaired) electrons. The van der Waals surface area contributed by atoms with Crippen molar-refractivity contribution in [2.75, 3.05) is 0 Å². The van der Waals surface area contributed by atoms with Crippen LogP contribution >= 0.6 is 0 Å². The first-order valence-electron chi connectivity index (χ1n) is 5.26. The standard InChI is InChI=1S/C13H18O/c1-13(2,3)11-8-9-6-4-5-7-10(9)12(11)14/h4-7,11-12,14H,8H2,1-3H3/t11-,12+/m1/s1. The zero-order valence-electron chi connectivity index (χ0n) is 9.12. The summed E-state index contributed by atoms with van der Waals surface area (Å²) in [6.45, 7) is 6.60. The second-order valence-corrected chi connectivity index (χ2v) is 5.32. The molecule has 76 valence electrons. The summed E-state index contributed by atoms with van der Waals surface area (Å²) in [6, 6.07) is 8.24. The third-order valence-electron chi connectivity index (χ3n) is 3.31. The molecular formula is C13H18O. The zero-order valence-corrected chi connectivity index (χ0v) is 9.12. The van der Waals surface area contributed by atoms with Gasteiger partial charge in [-0.25, -0.2) is 0 Å². The number of rotatable bonds is 0. The number of fused-ring (bicyclic) bond motifs is 1. The molecule has 0 saturated heterocycles. The van der Waals surface area contributed by atoms with Gasteiger partial charge in [-0.05, 0) is 28.9 Å². The molecule has 14 heavy (non-hydrogen) atoms. The summed E-state index contributed by atoms with van der Waals surface area (Å²) in [5, 5.41) is 10.2. The van der Waals surface area contributed by atoms with Gasteiger partial charge >= 0.3 is 0 Å². The average Bonchev–Trinajstić information content (AvgIpc) is 2.44. The van der Waals surface area contributed by atoms with Gasteiger partial charge in [0, 0.05) is 0 Å². The SMILES string of the molecule is CC(C)(C)[C@@H]1Cc2ccccc2[C@@H]1O. The van der Waals surface area contributed by atoms with E-state index in [0.29, 0.717) is 5.92 Å². The molecule has 0 fully saturated rings. The maximum Gasteiger partial charge on any atom is 0.0829 e. The van der Waals surface area contributed by atoms with Crippen LogP contribution in [0.5, 0.6) is 0 Å². The Morgan fingerprint density at radius 3 is 2.43 bits per heavy atom. The quantitative estimate of drug-likeness (QED) is 0.667. The smallest absolute Gasteiger partial charge is 0.0829 e. The van der Waals surface area contributed by atoms with Crippen LogP contribution < -0.4 is 0 Å². The fraction of sp³-hybridized carbons (Fsp3) is 0.538. The number of benzene rings is 1. The minimum atomic E-state index is -0.272. The van der Waals surface area contributed by atoms with E-state index in [4.69, 9.17) is 0 Å². The third kappa shape index (κ3) is 1.46. The van der Waals surface area contributed by atoms with E-state index in [2.05, 4.69) is 32.9 Å². The van der Waals surface area contributed by atoms with Gasteiger partial charge in [-0.3, -0.25) is 0 Å². The Kier molecular flexibility index (Phi) is 2.15. The lowest BCUT2D eigenvalue weighted by Gasteiger charge is -2.29. The summed E-state index contributed by atoms with van der Waals surface area (Å²) >= 11 is 0. The second kappa shape index (κ2) is 3.09. The lowest BCUT2D eigenvalue weighted by Crippen LogP contribution is -2.24. The van der Waals surface area contributed by atoms with Gasteiger partial charge in [-0.2, -0.15) is 0 Å². The van der Waals surface area contributed by atoms with Crippen molar-refractivity contribution >= 4 is 0 Å². The first-order chi connectivity index (χ1) is 6.50. The maximum absolute atomic E-state index is 10.2. The molecule has 0 saturated carbocycles. The van der Waals surface area contributed by atoms with Crippen molar-refractivity contribution in [3.8, 4) is 0 Å². The fourth-order valence-corrected chi connectivity index (χ4v) is 2.35. The Bertz CT molecular complexity index is 335. The number of aliphatic hydroxyl groups is 1. The summed E-state index contributed by atoms with van der Waals surface area (Å²) in [7, 11) is 0. The van der Waals surface area contributed by atoms with E-state index in [1.807, 2.05) is 12.1 Å². The highest BCUT2D eigenvalue weighted by Gasteiger charge is 2.37. The molecule has 0 unspecified atom stereocenters. The van der Waals surface area contributed by atoms with E-state index in [9.17, 15) is 5.11 Å². The lowest BCUT2D eigenvalue weighted by atomic mass is 9.78. The molecule has 0 aromatic heterocycles. The largest absolute Gasteiger partial charge is 0.388 e. The number of aliphatic hydroxyl groups excluding tert-OH is 1. The molecule has 0 amide bonds. The van der Waals surface area contributed by atoms with E-state index in [1.54, 1.807) is 0 Å². The fourth-order valence-electron chi connectivity index (χ4n) is 2.35. The Balaban J connectivity index is 2.35. The van der Waals surface area contributed by atoms with Gasteiger partial charge in [0.2, 0.25) is 0 Å². The molecule has 2 atom stereocenters. The van der Waals surface area contributed by atoms with Gasteiger partial charge in [0.25, 0.3) is 0 Å². The van der Waals surface area contributed by atoms with E-state index in [1.165, 1.54) is 5.56 Å². The minimum Gasteiger partial charge on any atom is -0.388 e. The Hall–Kier alpha value is -0.820. The van der Waals surface area contributed by atoms with Crippen LogP contribution in [0.2, 0.25) is 0 Å². The Morgan fingerprint density at radius 2 is 1.86 bits per heavy atom. The average molecular weight is 190 g/mol. The molecule has 1 aromatic carbocycles. The molecule has 1 N–H and O–H groups in total. The van der Waals surface area contributed by atoms with Crippen molar-refractivity contribution in [2.45, 2.75) is 33.3 Å². The van der Waals surface area contributed by atoms with Crippen molar-refractivity contribution in [1.29, 1.82) is 0 Å². The third-order valence-corrected chi connectivity index (χ3v) is 3.31. The molecule has 1 aliphatic rings. The summed E-state index contributed by atoms with van der Waals surface area (Å²) < 4.78 is 0. The van der Waals surface area contributed by atoms with Gasteiger partial charge in [0.1, 0.15) is 0 Å². The second-order valence-electron chi connectivity index (χ2n) is 5.32. The highest BCUT2D eigenvalue weighted by atomic mass is 16.3. The highest BCUT2D eigenvalue weighted by Crippen LogP contribution is 2.45. The lowest BCUT2D eigenvalue weighted by molar-refractivity contribution is 0.0566. The van der Waals surface area contributed by atoms with Crippen molar-refractivity contribution in [3.05, 3.63) is 35.4 Å². The zero-order chi connectivity index (χ0) is 10.3. The van der Waals surface area contributed by atoms with Crippen LogP contribution in [0.25, 0.3) is 0 Å². The molecule has 1 aliphatic carbocycles. The summed E-state index contributed by atoms with van der Waals surface area (Å²) in [4.78, 5) is 0. The van der Waals surface area contributed by atoms with Crippen molar-refractivity contribution in [1.82, 2.24) is 0 Å². The summed E-state index contributed by atoms with van der Waals surface area (Å²) in [5.41, 5.74) is 2.63. The van der Waals surface area contributed by atoms with E-state index < -0.39 is 0 Å². The minimum absolute atomic E-state index is 0.179. The van der Waals surface area contributed by atoms with E-state index >= 15 is 0 Å². The number of hydrogen-bond donors (Lipinski definition) is 1. The maximum atomic E-state index is 10.2. The predicted octanol–water partition coefficient (Wildman–Crippen LogP) is 2.94. The Morgan fingerprint density at radius 1 is 1.21 bits per heavy atom. The molecule has 0 heterocycles. The van der Waals surface area contributed by atoms with Gasteiger partial charge < -0.3 is 5.11 Å². The first-order valence-corrected chi connectivity index (χ1v) is 5.26. The van der Waals surface area contributed by atoms with Crippen LogP contribution in [0.1, 0.15) is 38.0 Å². The van der Waals surface area contributed by atoms with Crippen LogP contribution in [0.15, 0.2) is 24.3 Å². The predicted molar refractivity (Wildman–Crippen MR) is 58.1 cm³/mol. The number of hydrogen-bond acceptors (Lipinski definition) is 1. The van der Waals surface area contributed by atoms with Crippen LogP contribution in [0.4, 0.5) is 0 Å². The molecule has 1 aromatic rings. The summed E-state index contributed by atoms with van der Waals surface area (Å²) in [5.74, 6) is 0.361. The molecule has 1 nitrogen and oxygen atoms in total. The van der Waals surface area contributed by atoms with Crippen LogP contribution in [-0.2, 0) is 6.42 Å². The van der Waals surface area contributed by atoms with Crippen molar-refractivity contribution in [2.24, 2.45) is 11.3 Å². The van der Waals surface area contributed by atoms with Crippen LogP contribution in [0.3, 0.4) is 0 Å². The normalized spacial score (nSPS) is 26.3. The Labute approximate surface area is 85.8 Å². The monoisotopic (exact) mass is 190 g/mol. The summed E-state index contributed by atoms with van der Waals surface area (Å²) in [6.07, 6.45) is 0.743. The topological polar surface area (TPSA) is 20.2 Å². The van der Waals surface area contributed by atoms with Gasteiger partial charge in [-0.1, -0.05) is 45.0 Å². The van der Waals surface area contributed by atoms with Crippen molar-refractivity contribution in [3.63, 3.8) is 0 Å². The molecular weight excluding hydrogens is 172 g/mol. The van der Waals surface area contributed by atoms with Gasteiger partial charge in [-0.15, -0.1) is 0 Å². The molecule has 0 aliphatic heterocycles. The molecule has 1 heteroatoms.